The van der Waals surface area contributed by atoms with E-state index >= 15 is 0 Å². The van der Waals surface area contributed by atoms with Crippen molar-refractivity contribution in [2.24, 2.45) is 0 Å². The highest BCUT2D eigenvalue weighted by molar-refractivity contribution is 7.90. The van der Waals surface area contributed by atoms with Crippen LogP contribution in [0.4, 0.5) is 0 Å². The van der Waals surface area contributed by atoms with Crippen LogP contribution < -0.4 is 4.74 Å². The van der Waals surface area contributed by atoms with Crippen LogP contribution in [0, 0.1) is 0 Å². The van der Waals surface area contributed by atoms with Crippen molar-refractivity contribution in [3.8, 4) is 5.75 Å². The summed E-state index contributed by atoms with van der Waals surface area (Å²) in [6, 6.07) is 15.3. The Labute approximate surface area is 155 Å². The van der Waals surface area contributed by atoms with Gasteiger partial charge in [-0.05, 0) is 30.7 Å². The van der Waals surface area contributed by atoms with E-state index in [2.05, 4.69) is 24.0 Å². The fraction of sp³-hybridized carbons (Fsp3) is 0.400. The molecule has 26 heavy (non-hydrogen) atoms. The van der Waals surface area contributed by atoms with Gasteiger partial charge in [-0.2, -0.15) is 0 Å². The van der Waals surface area contributed by atoms with Gasteiger partial charge in [0.2, 0.25) is 6.29 Å². The summed E-state index contributed by atoms with van der Waals surface area (Å²) >= 11 is 0. The van der Waals surface area contributed by atoms with Crippen molar-refractivity contribution < 1.29 is 17.9 Å². The molecule has 6 heteroatoms. The normalized spacial score (nSPS) is 17.0. The molecule has 140 valence electrons. The van der Waals surface area contributed by atoms with Crippen LogP contribution in [0.15, 0.2) is 53.4 Å². The lowest BCUT2D eigenvalue weighted by Crippen LogP contribution is -2.39. The minimum atomic E-state index is -3.26. The lowest BCUT2D eigenvalue weighted by molar-refractivity contribution is -0.121. The van der Waals surface area contributed by atoms with Gasteiger partial charge in [-0.3, -0.25) is 4.90 Å². The second-order valence-corrected chi connectivity index (χ2v) is 8.64. The van der Waals surface area contributed by atoms with Crippen LogP contribution in [0.3, 0.4) is 0 Å². The zero-order valence-electron chi connectivity index (χ0n) is 15.2. The molecule has 1 unspecified atom stereocenters. The van der Waals surface area contributed by atoms with E-state index in [1.165, 1.54) is 11.8 Å². The Balaban J connectivity index is 1.70. The molecule has 1 heterocycles. The van der Waals surface area contributed by atoms with Crippen molar-refractivity contribution in [1.82, 2.24) is 4.90 Å². The molecular weight excluding hydrogens is 350 g/mol. The highest BCUT2D eigenvalue weighted by Crippen LogP contribution is 2.29. The number of nitrogens with zero attached hydrogens (tertiary/aromatic N) is 1. The SMILES string of the molecule is CCCN(Cc1ccccc1)CC1OCc2ccc(S(C)(=O)=O)cc2O1. The second-order valence-electron chi connectivity index (χ2n) is 6.62. The molecule has 1 aliphatic rings. The first-order chi connectivity index (χ1) is 12.5. The van der Waals surface area contributed by atoms with Crippen molar-refractivity contribution >= 4 is 9.84 Å². The Morgan fingerprint density at radius 1 is 1.15 bits per heavy atom. The average Bonchev–Trinajstić information content (AvgIpc) is 2.61. The predicted octanol–water partition coefficient (Wildman–Crippen LogP) is 3.24. The fourth-order valence-electron chi connectivity index (χ4n) is 3.05. The summed E-state index contributed by atoms with van der Waals surface area (Å²) in [4.78, 5) is 2.57. The average molecular weight is 375 g/mol. The van der Waals surface area contributed by atoms with Crippen molar-refractivity contribution in [3.05, 3.63) is 59.7 Å². The van der Waals surface area contributed by atoms with Gasteiger partial charge in [0.15, 0.2) is 9.84 Å². The molecule has 0 saturated carbocycles. The zero-order valence-corrected chi connectivity index (χ0v) is 16.0. The third-order valence-electron chi connectivity index (χ3n) is 4.35. The van der Waals surface area contributed by atoms with Crippen LogP contribution >= 0.6 is 0 Å². The van der Waals surface area contributed by atoms with Gasteiger partial charge in [-0.1, -0.05) is 43.3 Å². The summed E-state index contributed by atoms with van der Waals surface area (Å²) in [7, 11) is -3.26. The second kappa shape index (κ2) is 8.20. The molecule has 0 radical (unpaired) electrons. The fourth-order valence-corrected chi connectivity index (χ4v) is 3.68. The van der Waals surface area contributed by atoms with Crippen molar-refractivity contribution in [3.63, 3.8) is 0 Å². The molecular formula is C20H25NO4S. The van der Waals surface area contributed by atoms with E-state index in [1.807, 2.05) is 18.2 Å². The molecule has 2 aromatic rings. The lowest BCUT2D eigenvalue weighted by Gasteiger charge is -2.31. The van der Waals surface area contributed by atoms with Crippen LogP contribution in [0.25, 0.3) is 0 Å². The third kappa shape index (κ3) is 4.84. The number of hydrogen-bond acceptors (Lipinski definition) is 5. The van der Waals surface area contributed by atoms with E-state index in [9.17, 15) is 8.42 Å². The Kier molecular flexibility index (Phi) is 5.96. The van der Waals surface area contributed by atoms with Crippen molar-refractivity contribution in [1.29, 1.82) is 0 Å². The van der Waals surface area contributed by atoms with Crippen LogP contribution in [0.2, 0.25) is 0 Å². The Bertz CT molecular complexity index is 836. The molecule has 3 rings (SSSR count). The quantitative estimate of drug-likeness (QED) is 0.744. The smallest absolute Gasteiger partial charge is 0.213 e. The molecule has 5 nitrogen and oxygen atoms in total. The molecule has 0 fully saturated rings. The molecule has 0 amide bonds. The number of ether oxygens (including phenoxy) is 2. The summed E-state index contributed by atoms with van der Waals surface area (Å²) in [6.45, 7) is 4.97. The number of benzene rings is 2. The lowest BCUT2D eigenvalue weighted by atomic mass is 10.2. The van der Waals surface area contributed by atoms with Crippen LogP contribution in [0.1, 0.15) is 24.5 Å². The van der Waals surface area contributed by atoms with E-state index < -0.39 is 16.1 Å². The van der Waals surface area contributed by atoms with Gasteiger partial charge in [0.05, 0.1) is 18.0 Å². The molecule has 0 N–H and O–H groups in total. The number of rotatable bonds is 7. The van der Waals surface area contributed by atoms with E-state index in [0.717, 1.165) is 25.1 Å². The van der Waals surface area contributed by atoms with E-state index in [-0.39, 0.29) is 4.90 Å². The minimum Gasteiger partial charge on any atom is -0.463 e. The van der Waals surface area contributed by atoms with E-state index in [1.54, 1.807) is 18.2 Å². The maximum Gasteiger partial charge on any atom is 0.213 e. The van der Waals surface area contributed by atoms with Crippen LogP contribution in [0.5, 0.6) is 5.75 Å². The first-order valence-corrected chi connectivity index (χ1v) is 10.7. The third-order valence-corrected chi connectivity index (χ3v) is 5.46. The highest BCUT2D eigenvalue weighted by Gasteiger charge is 2.24. The van der Waals surface area contributed by atoms with Gasteiger partial charge in [0, 0.05) is 18.4 Å². The summed E-state index contributed by atoms with van der Waals surface area (Å²) in [6.07, 6.45) is 1.83. The standard InChI is InChI=1S/C20H25NO4S/c1-3-11-21(13-16-7-5-4-6-8-16)14-20-24-15-17-9-10-18(26(2,22)23)12-19(17)25-20/h4-10,12,20H,3,11,13-15H2,1-2H3. The van der Waals surface area contributed by atoms with Gasteiger partial charge in [0.25, 0.3) is 0 Å². The summed E-state index contributed by atoms with van der Waals surface area (Å²) in [5.41, 5.74) is 2.12. The molecule has 1 atom stereocenters. The van der Waals surface area contributed by atoms with Gasteiger partial charge in [-0.15, -0.1) is 0 Å². The van der Waals surface area contributed by atoms with Gasteiger partial charge in [-0.25, -0.2) is 8.42 Å². The maximum absolute atomic E-state index is 11.8. The zero-order chi connectivity index (χ0) is 18.6. The predicted molar refractivity (Wildman–Crippen MR) is 101 cm³/mol. The molecule has 0 bridgehead atoms. The Morgan fingerprint density at radius 3 is 2.62 bits per heavy atom. The largest absolute Gasteiger partial charge is 0.463 e. The minimum absolute atomic E-state index is 0.270. The molecule has 0 saturated heterocycles. The highest BCUT2D eigenvalue weighted by atomic mass is 32.2. The monoisotopic (exact) mass is 375 g/mol. The first kappa shape index (κ1) is 18.9. The topological polar surface area (TPSA) is 55.8 Å². The summed E-state index contributed by atoms with van der Waals surface area (Å²) in [5, 5.41) is 0. The van der Waals surface area contributed by atoms with Gasteiger partial charge >= 0.3 is 0 Å². The van der Waals surface area contributed by atoms with E-state index in [0.29, 0.717) is 18.9 Å². The molecule has 1 aliphatic heterocycles. The van der Waals surface area contributed by atoms with Gasteiger partial charge < -0.3 is 9.47 Å². The Hall–Kier alpha value is -1.89. The summed E-state index contributed by atoms with van der Waals surface area (Å²) in [5.74, 6) is 0.598. The Morgan fingerprint density at radius 2 is 1.92 bits per heavy atom. The number of fused-ring (bicyclic) bond motifs is 1. The molecule has 0 aliphatic carbocycles. The van der Waals surface area contributed by atoms with Gasteiger partial charge in [0.1, 0.15) is 5.75 Å². The van der Waals surface area contributed by atoms with Crippen LogP contribution in [-0.2, 0) is 27.7 Å². The number of sulfone groups is 1. The van der Waals surface area contributed by atoms with Crippen LogP contribution in [-0.4, -0.2) is 39.0 Å². The first-order valence-electron chi connectivity index (χ1n) is 8.83. The van der Waals surface area contributed by atoms with E-state index in [4.69, 9.17) is 9.47 Å². The molecule has 2 aromatic carbocycles. The molecule has 0 spiro atoms. The molecule has 0 aromatic heterocycles. The maximum atomic E-state index is 11.8. The summed E-state index contributed by atoms with van der Waals surface area (Å²) < 4.78 is 35.3. The van der Waals surface area contributed by atoms with Crippen molar-refractivity contribution in [2.45, 2.75) is 37.7 Å². The number of hydrogen-bond donors (Lipinski definition) is 0. The van der Waals surface area contributed by atoms with Crippen molar-refractivity contribution in [2.75, 3.05) is 19.3 Å².